The van der Waals surface area contributed by atoms with Gasteiger partial charge in [0, 0.05) is 24.8 Å². The zero-order chi connectivity index (χ0) is 12.5. The summed E-state index contributed by atoms with van der Waals surface area (Å²) in [7, 11) is 1.84. The maximum Gasteiger partial charge on any atom is 0.418 e. The maximum atomic E-state index is 12.8. The van der Waals surface area contributed by atoms with Gasteiger partial charge in [-0.15, -0.1) is 0 Å². The van der Waals surface area contributed by atoms with Gasteiger partial charge in [0.1, 0.15) is 0 Å². The van der Waals surface area contributed by atoms with E-state index in [1.165, 1.54) is 6.07 Å². The summed E-state index contributed by atoms with van der Waals surface area (Å²) in [5.74, 6) is 0. The minimum atomic E-state index is -4.28. The fourth-order valence-corrected chi connectivity index (χ4v) is 2.20. The number of anilines is 1. The number of hydrogen-bond acceptors (Lipinski definition) is 2. The summed E-state index contributed by atoms with van der Waals surface area (Å²) in [6, 6.07) is 6.04. The minimum absolute atomic E-state index is 0.274. The highest BCUT2D eigenvalue weighted by molar-refractivity contribution is 5.55. The average molecular weight is 244 g/mol. The second-order valence-corrected chi connectivity index (χ2v) is 4.24. The SMILES string of the molecule is CNC1CCN(c2ccccc2C(F)(F)F)C1. The fraction of sp³-hybridized carbons (Fsp3) is 0.500. The van der Waals surface area contributed by atoms with E-state index in [9.17, 15) is 13.2 Å². The lowest BCUT2D eigenvalue weighted by Gasteiger charge is -2.23. The molecule has 17 heavy (non-hydrogen) atoms. The van der Waals surface area contributed by atoms with Crippen LogP contribution in [-0.2, 0) is 6.18 Å². The van der Waals surface area contributed by atoms with E-state index in [0.717, 1.165) is 12.5 Å². The van der Waals surface area contributed by atoms with E-state index in [-0.39, 0.29) is 11.7 Å². The van der Waals surface area contributed by atoms with Crippen molar-refractivity contribution in [1.82, 2.24) is 5.32 Å². The lowest BCUT2D eigenvalue weighted by atomic mass is 10.1. The lowest BCUT2D eigenvalue weighted by molar-refractivity contribution is -0.137. The number of nitrogens with zero attached hydrogens (tertiary/aromatic N) is 1. The van der Waals surface area contributed by atoms with Gasteiger partial charge in [-0.2, -0.15) is 13.2 Å². The van der Waals surface area contributed by atoms with Crippen LogP contribution >= 0.6 is 0 Å². The molecule has 0 aliphatic carbocycles. The summed E-state index contributed by atoms with van der Waals surface area (Å²) in [6.07, 6.45) is -3.41. The molecule has 1 saturated heterocycles. The Hall–Kier alpha value is -1.23. The first kappa shape index (κ1) is 12.2. The molecule has 1 aliphatic heterocycles. The summed E-state index contributed by atoms with van der Waals surface area (Å²) in [5.41, 5.74) is -0.255. The van der Waals surface area contributed by atoms with Crippen LogP contribution in [-0.4, -0.2) is 26.2 Å². The fourth-order valence-electron chi connectivity index (χ4n) is 2.20. The van der Waals surface area contributed by atoms with E-state index in [2.05, 4.69) is 5.32 Å². The lowest BCUT2D eigenvalue weighted by Crippen LogP contribution is -2.30. The van der Waals surface area contributed by atoms with Crippen LogP contribution in [0.1, 0.15) is 12.0 Å². The van der Waals surface area contributed by atoms with Gasteiger partial charge in [-0.3, -0.25) is 0 Å². The second-order valence-electron chi connectivity index (χ2n) is 4.24. The number of alkyl halides is 3. The van der Waals surface area contributed by atoms with Gasteiger partial charge in [0.25, 0.3) is 0 Å². The third kappa shape index (κ3) is 2.54. The van der Waals surface area contributed by atoms with Gasteiger partial charge in [-0.25, -0.2) is 0 Å². The van der Waals surface area contributed by atoms with Crippen molar-refractivity contribution < 1.29 is 13.2 Å². The highest BCUT2D eigenvalue weighted by atomic mass is 19.4. The highest BCUT2D eigenvalue weighted by Crippen LogP contribution is 2.37. The normalized spacial score (nSPS) is 20.9. The molecule has 0 spiro atoms. The van der Waals surface area contributed by atoms with Gasteiger partial charge in [-0.05, 0) is 25.6 Å². The molecule has 1 heterocycles. The van der Waals surface area contributed by atoms with Gasteiger partial charge >= 0.3 is 6.18 Å². The van der Waals surface area contributed by atoms with E-state index >= 15 is 0 Å². The first-order chi connectivity index (χ1) is 8.02. The number of rotatable bonds is 2. The number of benzene rings is 1. The van der Waals surface area contributed by atoms with Crippen molar-refractivity contribution in [3.8, 4) is 0 Å². The molecule has 94 valence electrons. The molecule has 1 aromatic carbocycles. The van der Waals surface area contributed by atoms with E-state index in [1.54, 1.807) is 17.0 Å². The van der Waals surface area contributed by atoms with Crippen LogP contribution in [0, 0.1) is 0 Å². The zero-order valence-electron chi connectivity index (χ0n) is 9.59. The Labute approximate surface area is 98.4 Å². The van der Waals surface area contributed by atoms with Crippen molar-refractivity contribution >= 4 is 5.69 Å². The molecular weight excluding hydrogens is 229 g/mol. The second kappa shape index (κ2) is 4.56. The van der Waals surface area contributed by atoms with Crippen molar-refractivity contribution in [3.05, 3.63) is 29.8 Å². The van der Waals surface area contributed by atoms with Gasteiger partial charge in [-0.1, -0.05) is 12.1 Å². The summed E-state index contributed by atoms with van der Waals surface area (Å²) >= 11 is 0. The van der Waals surface area contributed by atoms with Crippen molar-refractivity contribution in [3.63, 3.8) is 0 Å². The monoisotopic (exact) mass is 244 g/mol. The smallest absolute Gasteiger partial charge is 0.369 e. The Kier molecular flexibility index (Phi) is 3.28. The van der Waals surface area contributed by atoms with Crippen molar-refractivity contribution in [2.45, 2.75) is 18.6 Å². The minimum Gasteiger partial charge on any atom is -0.369 e. The van der Waals surface area contributed by atoms with Crippen molar-refractivity contribution in [2.24, 2.45) is 0 Å². The van der Waals surface area contributed by atoms with E-state index < -0.39 is 11.7 Å². The van der Waals surface area contributed by atoms with Crippen LogP contribution in [0.2, 0.25) is 0 Å². The Morgan fingerprint density at radius 3 is 2.59 bits per heavy atom. The van der Waals surface area contributed by atoms with E-state index in [4.69, 9.17) is 0 Å². The maximum absolute atomic E-state index is 12.8. The van der Waals surface area contributed by atoms with Gasteiger partial charge < -0.3 is 10.2 Å². The van der Waals surface area contributed by atoms with Crippen LogP contribution in [0.3, 0.4) is 0 Å². The number of para-hydroxylation sites is 1. The van der Waals surface area contributed by atoms with E-state index in [1.807, 2.05) is 7.05 Å². The molecule has 0 saturated carbocycles. The van der Waals surface area contributed by atoms with Crippen LogP contribution in [0.15, 0.2) is 24.3 Å². The summed E-state index contributed by atoms with van der Waals surface area (Å²) in [6.45, 7) is 1.29. The largest absolute Gasteiger partial charge is 0.418 e. The summed E-state index contributed by atoms with van der Waals surface area (Å²) < 4.78 is 38.5. The van der Waals surface area contributed by atoms with E-state index in [0.29, 0.717) is 13.1 Å². The Morgan fingerprint density at radius 2 is 2.00 bits per heavy atom. The highest BCUT2D eigenvalue weighted by Gasteiger charge is 2.35. The molecule has 0 amide bonds. The number of likely N-dealkylation sites (N-methyl/N-ethyl adjacent to an activating group) is 1. The van der Waals surface area contributed by atoms with Gasteiger partial charge in [0.05, 0.1) is 5.56 Å². The quantitative estimate of drug-likeness (QED) is 0.860. The molecule has 0 bridgehead atoms. The van der Waals surface area contributed by atoms with Crippen LogP contribution < -0.4 is 10.2 Å². The predicted molar refractivity (Wildman–Crippen MR) is 61.1 cm³/mol. The Morgan fingerprint density at radius 1 is 1.29 bits per heavy atom. The molecule has 1 unspecified atom stereocenters. The van der Waals surface area contributed by atoms with Gasteiger partial charge in [0.2, 0.25) is 0 Å². The van der Waals surface area contributed by atoms with Crippen molar-refractivity contribution in [2.75, 3.05) is 25.0 Å². The molecule has 1 aromatic rings. The molecule has 1 aliphatic rings. The average Bonchev–Trinajstić information content (AvgIpc) is 2.76. The molecule has 2 rings (SSSR count). The molecule has 0 aromatic heterocycles. The summed E-state index contributed by atoms with van der Waals surface area (Å²) in [5, 5.41) is 3.10. The van der Waals surface area contributed by atoms with Crippen LogP contribution in [0.25, 0.3) is 0 Å². The number of halogens is 3. The molecule has 0 radical (unpaired) electrons. The Bertz CT molecular complexity index is 390. The van der Waals surface area contributed by atoms with Crippen molar-refractivity contribution in [1.29, 1.82) is 0 Å². The molecule has 2 nitrogen and oxygen atoms in total. The van der Waals surface area contributed by atoms with Crippen LogP contribution in [0.4, 0.5) is 18.9 Å². The first-order valence-electron chi connectivity index (χ1n) is 5.61. The zero-order valence-corrected chi connectivity index (χ0v) is 9.59. The molecule has 1 fully saturated rings. The van der Waals surface area contributed by atoms with Crippen LogP contribution in [0.5, 0.6) is 0 Å². The molecule has 1 atom stereocenters. The molecule has 1 N–H and O–H groups in total. The van der Waals surface area contributed by atoms with Gasteiger partial charge in [0.15, 0.2) is 0 Å². The summed E-state index contributed by atoms with van der Waals surface area (Å²) in [4.78, 5) is 1.80. The number of nitrogens with one attached hydrogen (secondary N) is 1. The number of hydrogen-bond donors (Lipinski definition) is 1. The third-order valence-electron chi connectivity index (χ3n) is 3.15. The molecule has 5 heteroatoms. The first-order valence-corrected chi connectivity index (χ1v) is 5.61. The standard InChI is InChI=1S/C12H15F3N2/c1-16-9-6-7-17(8-9)11-5-3-2-4-10(11)12(13,14)15/h2-5,9,16H,6-8H2,1H3. The topological polar surface area (TPSA) is 15.3 Å². The third-order valence-corrected chi connectivity index (χ3v) is 3.15. The predicted octanol–water partition coefficient (Wildman–Crippen LogP) is 2.50. The Balaban J connectivity index is 2.27. The molecular formula is C12H15F3N2.